The fraction of sp³-hybridized carbons (Fsp3) is 0.455. The summed E-state index contributed by atoms with van der Waals surface area (Å²) < 4.78 is 3.46. The van der Waals surface area contributed by atoms with Gasteiger partial charge in [-0.05, 0) is 38.3 Å². The van der Waals surface area contributed by atoms with Crippen molar-refractivity contribution in [2.75, 3.05) is 24.6 Å². The summed E-state index contributed by atoms with van der Waals surface area (Å²) >= 11 is 8.38. The molecule has 19 heavy (non-hydrogen) atoms. The van der Waals surface area contributed by atoms with E-state index in [-0.39, 0.29) is 6.61 Å². The Morgan fingerprint density at radius 1 is 1.42 bits per heavy atom. The van der Waals surface area contributed by atoms with E-state index in [1.54, 1.807) is 17.7 Å². The summed E-state index contributed by atoms with van der Waals surface area (Å²) in [7, 11) is 0. The number of hydrogen-bond acceptors (Lipinski definition) is 5. The molecule has 2 heterocycles. The number of aromatic nitrogens is 3. The van der Waals surface area contributed by atoms with E-state index >= 15 is 0 Å². The van der Waals surface area contributed by atoms with E-state index < -0.39 is 0 Å². The number of aliphatic hydroxyl groups is 1. The molecule has 104 valence electrons. The predicted octanol–water partition coefficient (Wildman–Crippen LogP) is 3.06. The number of nitrogens with zero attached hydrogens (tertiary/aromatic N) is 4. The van der Waals surface area contributed by atoms with Crippen LogP contribution in [0.15, 0.2) is 20.9 Å². The van der Waals surface area contributed by atoms with Crippen LogP contribution in [-0.2, 0) is 0 Å². The van der Waals surface area contributed by atoms with Crippen LogP contribution in [0.2, 0.25) is 0 Å². The molecular weight excluding hydrogens is 396 g/mol. The van der Waals surface area contributed by atoms with Crippen molar-refractivity contribution in [2.45, 2.75) is 13.3 Å². The first kappa shape index (κ1) is 15.0. The van der Waals surface area contributed by atoms with Gasteiger partial charge in [-0.3, -0.25) is 4.57 Å². The lowest BCUT2D eigenvalue weighted by atomic mass is 10.4. The molecule has 2 aromatic heterocycles. The van der Waals surface area contributed by atoms with Gasteiger partial charge in [-0.25, -0.2) is 9.97 Å². The maximum absolute atomic E-state index is 9.10. The SMILES string of the molecule is CCCN(CCO)c1nc(-n2cnc(Br)c2Br)cs1. The largest absolute Gasteiger partial charge is 0.395 e. The minimum Gasteiger partial charge on any atom is -0.395 e. The molecule has 0 unspecified atom stereocenters. The van der Waals surface area contributed by atoms with Gasteiger partial charge in [0.05, 0.1) is 6.61 Å². The molecule has 0 spiro atoms. The van der Waals surface area contributed by atoms with Gasteiger partial charge in [0, 0.05) is 18.5 Å². The molecule has 0 atom stereocenters. The number of halogens is 2. The summed E-state index contributed by atoms with van der Waals surface area (Å²) in [5, 5.41) is 12.0. The van der Waals surface area contributed by atoms with Crippen LogP contribution in [0.25, 0.3) is 5.82 Å². The fourth-order valence-corrected chi connectivity index (χ4v) is 3.19. The Hall–Kier alpha value is -0.440. The predicted molar refractivity (Wildman–Crippen MR) is 84.2 cm³/mol. The second-order valence-electron chi connectivity index (χ2n) is 3.90. The van der Waals surface area contributed by atoms with E-state index in [2.05, 4.69) is 53.7 Å². The standard InChI is InChI=1S/C11H14Br2N4OS/c1-2-3-16(4-5-18)11-15-8(6-19-11)17-7-14-9(12)10(17)13/h6-7,18H,2-5H2,1H3. The molecular formula is C11H14Br2N4OS. The molecule has 2 aromatic rings. The normalized spacial score (nSPS) is 10.9. The third-order valence-corrected chi connectivity index (χ3v) is 5.29. The van der Waals surface area contributed by atoms with Crippen LogP contribution in [0.5, 0.6) is 0 Å². The van der Waals surface area contributed by atoms with Gasteiger partial charge >= 0.3 is 0 Å². The third kappa shape index (κ3) is 3.36. The van der Waals surface area contributed by atoms with Gasteiger partial charge < -0.3 is 10.0 Å². The van der Waals surface area contributed by atoms with Crippen LogP contribution in [0.4, 0.5) is 5.13 Å². The van der Waals surface area contributed by atoms with E-state index in [1.165, 1.54) is 0 Å². The minimum atomic E-state index is 0.134. The zero-order valence-electron chi connectivity index (χ0n) is 10.4. The molecule has 8 heteroatoms. The van der Waals surface area contributed by atoms with Crippen molar-refractivity contribution < 1.29 is 5.11 Å². The lowest BCUT2D eigenvalue weighted by molar-refractivity contribution is 0.302. The average Bonchev–Trinajstić information content (AvgIpc) is 2.98. The summed E-state index contributed by atoms with van der Waals surface area (Å²) in [6.07, 6.45) is 2.73. The summed E-state index contributed by atoms with van der Waals surface area (Å²) in [5.74, 6) is 0.823. The average molecular weight is 410 g/mol. The topological polar surface area (TPSA) is 54.2 Å². The van der Waals surface area contributed by atoms with Crippen molar-refractivity contribution in [1.82, 2.24) is 14.5 Å². The fourth-order valence-electron chi connectivity index (χ4n) is 1.68. The van der Waals surface area contributed by atoms with Crippen molar-refractivity contribution in [3.63, 3.8) is 0 Å². The second-order valence-corrected chi connectivity index (χ2v) is 6.23. The van der Waals surface area contributed by atoms with Crippen molar-refractivity contribution in [3.05, 3.63) is 20.9 Å². The van der Waals surface area contributed by atoms with Gasteiger partial charge in [-0.2, -0.15) is 0 Å². The highest BCUT2D eigenvalue weighted by Crippen LogP contribution is 2.28. The van der Waals surface area contributed by atoms with E-state index in [0.717, 1.165) is 33.1 Å². The van der Waals surface area contributed by atoms with E-state index in [1.807, 2.05) is 9.95 Å². The highest BCUT2D eigenvalue weighted by Gasteiger charge is 2.13. The second kappa shape index (κ2) is 6.83. The molecule has 0 fully saturated rings. The summed E-state index contributed by atoms with van der Waals surface area (Å²) in [4.78, 5) is 10.9. The third-order valence-electron chi connectivity index (χ3n) is 2.53. The van der Waals surface area contributed by atoms with Gasteiger partial charge in [-0.15, -0.1) is 11.3 Å². The number of hydrogen-bond donors (Lipinski definition) is 1. The zero-order valence-corrected chi connectivity index (χ0v) is 14.4. The number of aliphatic hydroxyl groups excluding tert-OH is 1. The Kier molecular flexibility index (Phi) is 5.37. The van der Waals surface area contributed by atoms with E-state index in [0.29, 0.717) is 6.54 Å². The molecule has 0 saturated heterocycles. The first-order valence-corrected chi connectivity index (χ1v) is 8.34. The summed E-state index contributed by atoms with van der Waals surface area (Å²) in [6.45, 7) is 3.75. The lowest BCUT2D eigenvalue weighted by Gasteiger charge is -2.19. The molecule has 0 bridgehead atoms. The molecule has 1 N–H and O–H groups in total. The minimum absolute atomic E-state index is 0.134. The van der Waals surface area contributed by atoms with Gasteiger partial charge in [-0.1, -0.05) is 6.92 Å². The molecule has 0 amide bonds. The highest BCUT2D eigenvalue weighted by molar-refractivity contribution is 9.13. The van der Waals surface area contributed by atoms with Crippen LogP contribution in [0.3, 0.4) is 0 Å². The summed E-state index contributed by atoms with van der Waals surface area (Å²) in [5.41, 5.74) is 0. The van der Waals surface area contributed by atoms with Crippen molar-refractivity contribution in [3.8, 4) is 5.82 Å². The maximum Gasteiger partial charge on any atom is 0.187 e. The van der Waals surface area contributed by atoms with Gasteiger partial charge in [0.25, 0.3) is 0 Å². The van der Waals surface area contributed by atoms with Crippen LogP contribution < -0.4 is 4.90 Å². The van der Waals surface area contributed by atoms with Crippen LogP contribution in [0.1, 0.15) is 13.3 Å². The molecule has 0 aromatic carbocycles. The first-order valence-electron chi connectivity index (χ1n) is 5.87. The number of anilines is 1. The quantitative estimate of drug-likeness (QED) is 0.796. The lowest BCUT2D eigenvalue weighted by Crippen LogP contribution is -2.27. The monoisotopic (exact) mass is 408 g/mol. The number of imidazole rings is 1. The molecule has 5 nitrogen and oxygen atoms in total. The zero-order chi connectivity index (χ0) is 13.8. The van der Waals surface area contributed by atoms with Crippen LogP contribution in [0, 0.1) is 0 Å². The van der Waals surface area contributed by atoms with Crippen molar-refractivity contribution in [2.24, 2.45) is 0 Å². The summed E-state index contributed by atoms with van der Waals surface area (Å²) in [6, 6.07) is 0. The number of thiazole rings is 1. The molecule has 0 radical (unpaired) electrons. The Morgan fingerprint density at radius 2 is 2.21 bits per heavy atom. The van der Waals surface area contributed by atoms with E-state index in [9.17, 15) is 0 Å². The Morgan fingerprint density at radius 3 is 2.79 bits per heavy atom. The maximum atomic E-state index is 9.10. The highest BCUT2D eigenvalue weighted by atomic mass is 79.9. The molecule has 0 saturated carbocycles. The first-order chi connectivity index (χ1) is 9.17. The molecule has 0 aliphatic heterocycles. The molecule has 2 rings (SSSR count). The van der Waals surface area contributed by atoms with Gasteiger partial charge in [0.15, 0.2) is 10.9 Å². The smallest absolute Gasteiger partial charge is 0.187 e. The van der Waals surface area contributed by atoms with Gasteiger partial charge in [0.2, 0.25) is 0 Å². The van der Waals surface area contributed by atoms with Crippen LogP contribution >= 0.6 is 43.2 Å². The van der Waals surface area contributed by atoms with Gasteiger partial charge in [0.1, 0.15) is 15.5 Å². The Labute approximate surface area is 132 Å². The van der Waals surface area contributed by atoms with E-state index in [4.69, 9.17) is 5.11 Å². The molecule has 0 aliphatic rings. The van der Waals surface area contributed by atoms with Crippen molar-refractivity contribution >= 4 is 48.3 Å². The van der Waals surface area contributed by atoms with Crippen molar-refractivity contribution in [1.29, 1.82) is 0 Å². The number of rotatable bonds is 6. The Balaban J connectivity index is 2.24. The Bertz CT molecular complexity index is 537. The van der Waals surface area contributed by atoms with Crippen LogP contribution in [-0.4, -0.2) is 39.3 Å². The molecule has 0 aliphatic carbocycles.